The number of hydrogen-bond acceptors (Lipinski definition) is 3. The molecule has 0 aromatic carbocycles. The molecular formula is C9H18O3. The van der Waals surface area contributed by atoms with E-state index in [0.717, 1.165) is 0 Å². The van der Waals surface area contributed by atoms with Crippen LogP contribution in [-0.2, 0) is 9.47 Å². The summed E-state index contributed by atoms with van der Waals surface area (Å²) < 4.78 is 11.0. The van der Waals surface area contributed by atoms with Crippen LogP contribution < -0.4 is 0 Å². The Morgan fingerprint density at radius 1 is 1.42 bits per heavy atom. The summed E-state index contributed by atoms with van der Waals surface area (Å²) in [7, 11) is 0. The molecule has 1 aliphatic heterocycles. The molecule has 72 valence electrons. The number of hydrogen-bond donors (Lipinski definition) is 1. The molecule has 0 spiro atoms. The van der Waals surface area contributed by atoms with Crippen LogP contribution in [0.4, 0.5) is 0 Å². The Morgan fingerprint density at radius 2 is 2.00 bits per heavy atom. The van der Waals surface area contributed by atoms with Crippen LogP contribution in [0.1, 0.15) is 27.7 Å². The summed E-state index contributed by atoms with van der Waals surface area (Å²) in [5.41, 5.74) is 0. The van der Waals surface area contributed by atoms with E-state index in [4.69, 9.17) is 9.47 Å². The van der Waals surface area contributed by atoms with E-state index in [0.29, 0.717) is 6.61 Å². The van der Waals surface area contributed by atoms with Crippen molar-refractivity contribution >= 4 is 0 Å². The third-order valence-corrected chi connectivity index (χ3v) is 2.38. The second-order valence-electron chi connectivity index (χ2n) is 3.97. The van der Waals surface area contributed by atoms with E-state index in [9.17, 15) is 5.11 Å². The van der Waals surface area contributed by atoms with Crippen LogP contribution in [0.5, 0.6) is 0 Å². The molecule has 1 N–H and O–H groups in total. The minimum atomic E-state index is -0.478. The lowest BCUT2D eigenvalue weighted by Gasteiger charge is -2.22. The summed E-state index contributed by atoms with van der Waals surface area (Å²) in [5, 5.41) is 9.32. The molecule has 0 saturated carbocycles. The lowest BCUT2D eigenvalue weighted by molar-refractivity contribution is -0.147. The highest BCUT2D eigenvalue weighted by Gasteiger charge is 2.36. The SMILES string of the molecule is C[C@H]([C@H](C)O)[C@@H]1COC(C)(C)O1. The molecule has 12 heavy (non-hydrogen) atoms. The maximum atomic E-state index is 9.32. The molecule has 0 aromatic heterocycles. The van der Waals surface area contributed by atoms with Crippen molar-refractivity contribution in [3.63, 3.8) is 0 Å². The van der Waals surface area contributed by atoms with Gasteiger partial charge in [-0.05, 0) is 20.8 Å². The molecule has 1 saturated heterocycles. The van der Waals surface area contributed by atoms with E-state index >= 15 is 0 Å². The Labute approximate surface area is 73.7 Å². The van der Waals surface area contributed by atoms with E-state index in [1.54, 1.807) is 6.92 Å². The van der Waals surface area contributed by atoms with E-state index in [2.05, 4.69) is 0 Å². The Bertz CT molecular complexity index is 154. The van der Waals surface area contributed by atoms with Crippen molar-refractivity contribution in [3.8, 4) is 0 Å². The number of rotatable bonds is 2. The first-order valence-corrected chi connectivity index (χ1v) is 4.42. The first-order chi connectivity index (χ1) is 5.42. The summed E-state index contributed by atoms with van der Waals surface area (Å²) >= 11 is 0. The lowest BCUT2D eigenvalue weighted by atomic mass is 10.0. The maximum absolute atomic E-state index is 9.32. The van der Waals surface area contributed by atoms with E-state index in [1.807, 2.05) is 20.8 Å². The van der Waals surface area contributed by atoms with E-state index in [1.165, 1.54) is 0 Å². The van der Waals surface area contributed by atoms with Crippen molar-refractivity contribution in [2.75, 3.05) is 6.61 Å². The van der Waals surface area contributed by atoms with Crippen molar-refractivity contribution in [3.05, 3.63) is 0 Å². The molecule has 1 heterocycles. The van der Waals surface area contributed by atoms with Crippen LogP contribution >= 0.6 is 0 Å². The molecular weight excluding hydrogens is 156 g/mol. The summed E-state index contributed by atoms with van der Waals surface area (Å²) in [5.74, 6) is -0.347. The largest absolute Gasteiger partial charge is 0.393 e. The van der Waals surface area contributed by atoms with Gasteiger partial charge in [0.05, 0.1) is 18.8 Å². The predicted molar refractivity (Wildman–Crippen MR) is 45.7 cm³/mol. The van der Waals surface area contributed by atoms with Gasteiger partial charge in [0, 0.05) is 5.92 Å². The quantitative estimate of drug-likeness (QED) is 0.682. The Morgan fingerprint density at radius 3 is 2.33 bits per heavy atom. The van der Waals surface area contributed by atoms with Crippen molar-refractivity contribution in [1.82, 2.24) is 0 Å². The fraction of sp³-hybridized carbons (Fsp3) is 1.00. The molecule has 1 fully saturated rings. The average Bonchev–Trinajstić information content (AvgIpc) is 2.28. The normalized spacial score (nSPS) is 33.2. The molecule has 1 rings (SSSR count). The molecule has 3 heteroatoms. The van der Waals surface area contributed by atoms with Gasteiger partial charge in [-0.1, -0.05) is 6.92 Å². The highest BCUT2D eigenvalue weighted by Crippen LogP contribution is 2.27. The zero-order chi connectivity index (χ0) is 9.35. The average molecular weight is 174 g/mol. The monoisotopic (exact) mass is 174 g/mol. The van der Waals surface area contributed by atoms with Crippen molar-refractivity contribution in [1.29, 1.82) is 0 Å². The van der Waals surface area contributed by atoms with Gasteiger partial charge < -0.3 is 14.6 Å². The highest BCUT2D eigenvalue weighted by atomic mass is 16.7. The fourth-order valence-electron chi connectivity index (χ4n) is 1.29. The van der Waals surface area contributed by atoms with Crippen LogP contribution in [0.25, 0.3) is 0 Å². The second kappa shape index (κ2) is 3.32. The highest BCUT2D eigenvalue weighted by molar-refractivity contribution is 4.77. The molecule has 3 nitrogen and oxygen atoms in total. The van der Waals surface area contributed by atoms with Crippen molar-refractivity contribution in [2.24, 2.45) is 5.92 Å². The van der Waals surface area contributed by atoms with Gasteiger partial charge in [0.25, 0.3) is 0 Å². The van der Waals surface area contributed by atoms with Crippen LogP contribution in [0.3, 0.4) is 0 Å². The van der Waals surface area contributed by atoms with E-state index < -0.39 is 5.79 Å². The Hall–Kier alpha value is -0.120. The van der Waals surface area contributed by atoms with Gasteiger partial charge in [0.15, 0.2) is 5.79 Å². The van der Waals surface area contributed by atoms with Crippen LogP contribution in [0, 0.1) is 5.92 Å². The molecule has 0 radical (unpaired) electrons. The first-order valence-electron chi connectivity index (χ1n) is 4.42. The predicted octanol–water partition coefficient (Wildman–Crippen LogP) is 1.15. The Balaban J connectivity index is 2.47. The van der Waals surface area contributed by atoms with Gasteiger partial charge >= 0.3 is 0 Å². The second-order valence-corrected chi connectivity index (χ2v) is 3.97. The molecule has 3 atom stereocenters. The molecule has 0 bridgehead atoms. The van der Waals surface area contributed by atoms with Gasteiger partial charge in [-0.2, -0.15) is 0 Å². The first kappa shape index (κ1) is 9.96. The third kappa shape index (κ3) is 2.19. The Kier molecular flexibility index (Phi) is 2.76. The van der Waals surface area contributed by atoms with Crippen LogP contribution in [0.15, 0.2) is 0 Å². The fourth-order valence-corrected chi connectivity index (χ4v) is 1.29. The smallest absolute Gasteiger partial charge is 0.163 e. The lowest BCUT2D eigenvalue weighted by Crippen LogP contribution is -2.31. The standard InChI is InChI=1S/C9H18O3/c1-6(7(2)10)8-5-11-9(3,4)12-8/h6-8,10H,5H2,1-4H3/t6-,7+,8+/m1/s1. The molecule has 0 unspecified atom stereocenters. The minimum Gasteiger partial charge on any atom is -0.393 e. The van der Waals surface area contributed by atoms with Gasteiger partial charge in [0.2, 0.25) is 0 Å². The summed E-state index contributed by atoms with van der Waals surface area (Å²) in [6, 6.07) is 0. The number of aliphatic hydroxyl groups is 1. The molecule has 0 amide bonds. The van der Waals surface area contributed by atoms with Gasteiger partial charge in [-0.25, -0.2) is 0 Å². The van der Waals surface area contributed by atoms with E-state index in [-0.39, 0.29) is 18.1 Å². The van der Waals surface area contributed by atoms with Crippen molar-refractivity contribution < 1.29 is 14.6 Å². The van der Waals surface area contributed by atoms with Crippen molar-refractivity contribution in [2.45, 2.75) is 45.7 Å². The van der Waals surface area contributed by atoms with Crippen LogP contribution in [-0.4, -0.2) is 29.7 Å². The summed E-state index contributed by atoms with van der Waals surface area (Å²) in [6.45, 7) is 8.11. The van der Waals surface area contributed by atoms with Gasteiger partial charge in [-0.15, -0.1) is 0 Å². The number of aliphatic hydroxyl groups excluding tert-OH is 1. The minimum absolute atomic E-state index is 0.0278. The molecule has 1 aliphatic rings. The molecule has 0 aromatic rings. The van der Waals surface area contributed by atoms with Gasteiger partial charge in [-0.3, -0.25) is 0 Å². The zero-order valence-electron chi connectivity index (χ0n) is 8.20. The number of ether oxygens (including phenoxy) is 2. The third-order valence-electron chi connectivity index (χ3n) is 2.38. The topological polar surface area (TPSA) is 38.7 Å². The molecule has 0 aliphatic carbocycles. The zero-order valence-corrected chi connectivity index (χ0v) is 8.20. The van der Waals surface area contributed by atoms with Crippen LogP contribution in [0.2, 0.25) is 0 Å². The summed E-state index contributed by atoms with van der Waals surface area (Å²) in [6.07, 6.45) is -0.313. The maximum Gasteiger partial charge on any atom is 0.163 e. The summed E-state index contributed by atoms with van der Waals surface area (Å²) in [4.78, 5) is 0. The van der Waals surface area contributed by atoms with Gasteiger partial charge in [0.1, 0.15) is 0 Å².